The number of likely N-dealkylation sites (tertiary alicyclic amines) is 1. The first-order valence-electron chi connectivity index (χ1n) is 8.89. The van der Waals surface area contributed by atoms with Gasteiger partial charge in [-0.1, -0.05) is 11.6 Å². The molecule has 4 heterocycles. The summed E-state index contributed by atoms with van der Waals surface area (Å²) >= 11 is 6.05. The Morgan fingerprint density at radius 3 is 3.11 bits per heavy atom. The number of halogens is 2. The van der Waals surface area contributed by atoms with E-state index in [2.05, 4.69) is 30.2 Å². The van der Waals surface area contributed by atoms with Crippen LogP contribution in [0, 0.1) is 5.82 Å². The zero-order valence-electron chi connectivity index (χ0n) is 14.6. The van der Waals surface area contributed by atoms with Crippen LogP contribution in [0.3, 0.4) is 0 Å². The Morgan fingerprint density at radius 1 is 1.37 bits per heavy atom. The van der Waals surface area contributed by atoms with Crippen molar-refractivity contribution in [3.8, 4) is 11.4 Å². The van der Waals surface area contributed by atoms with Gasteiger partial charge in [0.15, 0.2) is 17.5 Å². The topological polar surface area (TPSA) is 90.0 Å². The third-order valence-electron chi connectivity index (χ3n) is 4.75. The molecule has 3 aromatic heterocycles. The maximum absolute atomic E-state index is 14.3. The summed E-state index contributed by atoms with van der Waals surface area (Å²) in [7, 11) is 0. The summed E-state index contributed by atoms with van der Waals surface area (Å²) in [6.45, 7) is 2.43. The molecule has 0 aliphatic carbocycles. The number of aliphatic hydroxyl groups is 1. The van der Waals surface area contributed by atoms with Crippen molar-refractivity contribution in [1.82, 2.24) is 24.8 Å². The molecule has 3 aromatic rings. The highest BCUT2D eigenvalue weighted by atomic mass is 35.5. The van der Waals surface area contributed by atoms with E-state index in [0.717, 1.165) is 31.3 Å². The lowest BCUT2D eigenvalue weighted by Crippen LogP contribution is -2.43. The standard InChI is InChI=1S/C18H20ClFN6O/c19-11-6-13-14(8-22-16(13)21-7-11)17-23-9-15(20)18(25-17)24-12-2-1-3-26(10-12)4-5-27/h6-9,12,27H,1-5,10H2,(H,21,22)(H,23,24,25). The first-order valence-corrected chi connectivity index (χ1v) is 9.27. The molecule has 4 rings (SSSR count). The second-order valence-corrected chi connectivity index (χ2v) is 7.09. The van der Waals surface area contributed by atoms with Gasteiger partial charge in [0, 0.05) is 42.5 Å². The Kier molecular flexibility index (Phi) is 5.20. The van der Waals surface area contributed by atoms with Gasteiger partial charge < -0.3 is 15.4 Å². The highest BCUT2D eigenvalue weighted by Crippen LogP contribution is 2.28. The fraction of sp³-hybridized carbons (Fsp3) is 0.389. The van der Waals surface area contributed by atoms with E-state index in [1.807, 2.05) is 0 Å². The van der Waals surface area contributed by atoms with Gasteiger partial charge in [0.1, 0.15) is 5.65 Å². The smallest absolute Gasteiger partial charge is 0.183 e. The average Bonchev–Trinajstić information content (AvgIpc) is 3.07. The van der Waals surface area contributed by atoms with Gasteiger partial charge in [-0.3, -0.25) is 4.90 Å². The van der Waals surface area contributed by atoms with Crippen LogP contribution < -0.4 is 5.32 Å². The van der Waals surface area contributed by atoms with Crippen LogP contribution in [0.5, 0.6) is 0 Å². The fourth-order valence-corrected chi connectivity index (χ4v) is 3.63. The molecule has 27 heavy (non-hydrogen) atoms. The van der Waals surface area contributed by atoms with Crippen LogP contribution in [-0.2, 0) is 0 Å². The second-order valence-electron chi connectivity index (χ2n) is 6.65. The normalized spacial score (nSPS) is 18.1. The number of anilines is 1. The number of rotatable bonds is 5. The number of nitrogens with zero attached hydrogens (tertiary/aromatic N) is 4. The van der Waals surface area contributed by atoms with E-state index < -0.39 is 5.82 Å². The van der Waals surface area contributed by atoms with Crippen LogP contribution in [0.1, 0.15) is 12.8 Å². The molecule has 1 saturated heterocycles. The first kappa shape index (κ1) is 18.1. The lowest BCUT2D eigenvalue weighted by Gasteiger charge is -2.32. The van der Waals surface area contributed by atoms with Crippen molar-refractivity contribution < 1.29 is 9.50 Å². The van der Waals surface area contributed by atoms with Crippen LogP contribution in [0.15, 0.2) is 24.7 Å². The van der Waals surface area contributed by atoms with Crippen molar-refractivity contribution in [2.45, 2.75) is 18.9 Å². The number of fused-ring (bicyclic) bond motifs is 1. The highest BCUT2D eigenvalue weighted by Gasteiger charge is 2.21. The number of hydrogen-bond acceptors (Lipinski definition) is 6. The summed E-state index contributed by atoms with van der Waals surface area (Å²) in [6.07, 6.45) is 6.39. The molecular weight excluding hydrogens is 371 g/mol. The number of aromatic nitrogens is 4. The van der Waals surface area contributed by atoms with Gasteiger partial charge in [0.05, 0.1) is 17.8 Å². The van der Waals surface area contributed by atoms with Gasteiger partial charge in [-0.15, -0.1) is 0 Å². The summed E-state index contributed by atoms with van der Waals surface area (Å²) in [6, 6.07) is 1.85. The van der Waals surface area contributed by atoms with Crippen LogP contribution >= 0.6 is 11.6 Å². The quantitative estimate of drug-likeness (QED) is 0.620. The Bertz CT molecular complexity index is 947. The van der Waals surface area contributed by atoms with Crippen LogP contribution in [0.2, 0.25) is 5.02 Å². The number of pyridine rings is 1. The van der Waals surface area contributed by atoms with Crippen molar-refractivity contribution in [2.24, 2.45) is 0 Å². The predicted molar refractivity (Wildman–Crippen MR) is 102 cm³/mol. The summed E-state index contributed by atoms with van der Waals surface area (Å²) in [5.74, 6) is 0.0893. The first-order chi connectivity index (χ1) is 13.1. The SMILES string of the molecule is OCCN1CCCC(Nc2nc(-c3c[nH]c4ncc(Cl)cc34)ncc2F)C1. The van der Waals surface area contributed by atoms with E-state index >= 15 is 0 Å². The number of aliphatic hydroxyl groups excluding tert-OH is 1. The Labute approximate surface area is 160 Å². The van der Waals surface area contributed by atoms with E-state index in [4.69, 9.17) is 16.7 Å². The van der Waals surface area contributed by atoms with Crippen LogP contribution in [-0.4, -0.2) is 62.2 Å². The van der Waals surface area contributed by atoms with Crippen molar-refractivity contribution in [3.05, 3.63) is 35.5 Å². The molecule has 1 unspecified atom stereocenters. The zero-order chi connectivity index (χ0) is 18.8. The minimum Gasteiger partial charge on any atom is -0.395 e. The average molecular weight is 391 g/mol. The molecule has 1 aliphatic heterocycles. The molecule has 0 saturated carbocycles. The van der Waals surface area contributed by atoms with E-state index in [1.165, 1.54) is 6.20 Å². The lowest BCUT2D eigenvalue weighted by atomic mass is 10.1. The zero-order valence-corrected chi connectivity index (χ0v) is 15.4. The van der Waals surface area contributed by atoms with Crippen molar-refractivity contribution in [3.63, 3.8) is 0 Å². The van der Waals surface area contributed by atoms with Crippen molar-refractivity contribution >= 4 is 28.5 Å². The Balaban J connectivity index is 1.60. The molecule has 142 valence electrons. The monoisotopic (exact) mass is 390 g/mol. The maximum Gasteiger partial charge on any atom is 0.183 e. The van der Waals surface area contributed by atoms with Gasteiger partial charge in [0.25, 0.3) is 0 Å². The van der Waals surface area contributed by atoms with Crippen LogP contribution in [0.4, 0.5) is 10.2 Å². The number of aromatic amines is 1. The van der Waals surface area contributed by atoms with Crippen molar-refractivity contribution in [1.29, 1.82) is 0 Å². The molecule has 1 fully saturated rings. The molecule has 0 aromatic carbocycles. The van der Waals surface area contributed by atoms with E-state index in [0.29, 0.717) is 28.6 Å². The van der Waals surface area contributed by atoms with Gasteiger partial charge in [0.2, 0.25) is 0 Å². The summed E-state index contributed by atoms with van der Waals surface area (Å²) < 4.78 is 14.3. The molecule has 0 spiro atoms. The molecule has 0 amide bonds. The van der Waals surface area contributed by atoms with E-state index in [9.17, 15) is 4.39 Å². The second kappa shape index (κ2) is 7.75. The molecule has 1 atom stereocenters. The van der Waals surface area contributed by atoms with Gasteiger partial charge in [-0.25, -0.2) is 19.3 Å². The molecule has 3 N–H and O–H groups in total. The summed E-state index contributed by atoms with van der Waals surface area (Å²) in [5.41, 5.74) is 1.39. The third kappa shape index (κ3) is 3.87. The molecule has 0 radical (unpaired) electrons. The molecule has 0 bridgehead atoms. The highest BCUT2D eigenvalue weighted by molar-refractivity contribution is 6.31. The molecule has 7 nitrogen and oxygen atoms in total. The summed E-state index contributed by atoms with van der Waals surface area (Å²) in [5, 5.41) is 13.6. The fourth-order valence-electron chi connectivity index (χ4n) is 3.47. The largest absolute Gasteiger partial charge is 0.395 e. The minimum absolute atomic E-state index is 0.0710. The predicted octanol–water partition coefficient (Wildman–Crippen LogP) is 2.68. The van der Waals surface area contributed by atoms with Gasteiger partial charge in [-0.2, -0.15) is 0 Å². The maximum atomic E-state index is 14.3. The van der Waals surface area contributed by atoms with Crippen molar-refractivity contribution in [2.75, 3.05) is 31.6 Å². The number of piperidine rings is 1. The number of β-amino-alcohol motifs (C(OH)–C–C–N with tert-alkyl or cyclic N) is 1. The van der Waals surface area contributed by atoms with Gasteiger partial charge >= 0.3 is 0 Å². The minimum atomic E-state index is -0.492. The molecule has 9 heteroatoms. The Hall–Kier alpha value is -2.29. The number of H-pyrrole nitrogens is 1. The van der Waals surface area contributed by atoms with E-state index in [1.54, 1.807) is 18.5 Å². The van der Waals surface area contributed by atoms with Crippen LogP contribution in [0.25, 0.3) is 22.4 Å². The number of nitrogens with one attached hydrogen (secondary N) is 2. The van der Waals surface area contributed by atoms with Gasteiger partial charge in [-0.05, 0) is 25.5 Å². The van der Waals surface area contributed by atoms with E-state index in [-0.39, 0.29) is 18.5 Å². The summed E-state index contributed by atoms with van der Waals surface area (Å²) in [4.78, 5) is 18.0. The Morgan fingerprint density at radius 2 is 2.26 bits per heavy atom. The molecular formula is C18H20ClFN6O. The third-order valence-corrected chi connectivity index (χ3v) is 4.95. The molecule has 1 aliphatic rings. The number of hydrogen-bond donors (Lipinski definition) is 3. The lowest BCUT2D eigenvalue weighted by molar-refractivity contribution is 0.166.